The lowest BCUT2D eigenvalue weighted by molar-refractivity contribution is -0.117. The number of allylic oxidation sites excluding steroid dienone is 1. The molecule has 1 rings (SSSR count). The first kappa shape index (κ1) is 8.59. The summed E-state index contributed by atoms with van der Waals surface area (Å²) in [7, 11) is 0. The number of carbonyl (C=O) groups is 1. The second-order valence-electron chi connectivity index (χ2n) is 2.58. The molecule has 12 heavy (non-hydrogen) atoms. The van der Waals surface area contributed by atoms with Gasteiger partial charge in [-0.3, -0.25) is 4.79 Å². The van der Waals surface area contributed by atoms with Crippen molar-refractivity contribution in [3.8, 4) is 0 Å². The average Bonchev–Trinajstić information content (AvgIpc) is 2.37. The quantitative estimate of drug-likeness (QED) is 0.654. The molecule has 0 aliphatic carbocycles. The number of rotatable bonds is 4. The van der Waals surface area contributed by atoms with Crippen molar-refractivity contribution < 1.29 is 4.79 Å². The van der Waals surface area contributed by atoms with E-state index in [0.717, 1.165) is 12.2 Å². The zero-order chi connectivity index (χ0) is 8.97. The summed E-state index contributed by atoms with van der Waals surface area (Å²) in [6.45, 7) is 4.34. The summed E-state index contributed by atoms with van der Waals surface area (Å²) >= 11 is 0. The lowest BCUT2D eigenvalue weighted by Crippen LogP contribution is -2.16. The minimum Gasteiger partial charge on any atom is -0.369 e. The largest absolute Gasteiger partial charge is 0.369 e. The third-order valence-electron chi connectivity index (χ3n) is 1.60. The van der Waals surface area contributed by atoms with Crippen LogP contribution in [0.5, 0.6) is 0 Å². The second-order valence-corrected chi connectivity index (χ2v) is 2.58. The van der Waals surface area contributed by atoms with Gasteiger partial charge in [-0.1, -0.05) is 6.08 Å². The summed E-state index contributed by atoms with van der Waals surface area (Å²) in [6, 6.07) is 3.77. The number of primary amides is 1. The molecule has 1 aromatic rings. The standard InChI is InChI=1S/C9H12N2O/c1-2-5-11-6-3-4-8(11)7-9(10)12/h2-4,6H,1,5,7H2,(H2,10,12). The number of amides is 1. The number of aromatic nitrogens is 1. The van der Waals surface area contributed by atoms with Crippen LogP contribution in [0, 0.1) is 0 Å². The first-order chi connectivity index (χ1) is 5.74. The van der Waals surface area contributed by atoms with E-state index in [-0.39, 0.29) is 5.91 Å². The molecule has 0 atom stereocenters. The highest BCUT2D eigenvalue weighted by Crippen LogP contribution is 2.02. The van der Waals surface area contributed by atoms with Crippen molar-refractivity contribution >= 4 is 5.91 Å². The minimum absolute atomic E-state index is 0.292. The van der Waals surface area contributed by atoms with Crippen molar-refractivity contribution in [2.45, 2.75) is 13.0 Å². The van der Waals surface area contributed by atoms with E-state index in [9.17, 15) is 4.79 Å². The van der Waals surface area contributed by atoms with Gasteiger partial charge in [0.1, 0.15) is 0 Å². The lowest BCUT2D eigenvalue weighted by Gasteiger charge is -2.03. The Balaban J connectivity index is 2.76. The van der Waals surface area contributed by atoms with Gasteiger partial charge in [-0.05, 0) is 12.1 Å². The van der Waals surface area contributed by atoms with Crippen molar-refractivity contribution in [1.29, 1.82) is 0 Å². The van der Waals surface area contributed by atoms with Crippen molar-refractivity contribution in [2.24, 2.45) is 5.73 Å². The van der Waals surface area contributed by atoms with Crippen LogP contribution >= 0.6 is 0 Å². The Labute approximate surface area is 71.5 Å². The van der Waals surface area contributed by atoms with Gasteiger partial charge >= 0.3 is 0 Å². The molecular formula is C9H12N2O. The van der Waals surface area contributed by atoms with Crippen LogP contribution in [0.1, 0.15) is 5.69 Å². The topological polar surface area (TPSA) is 48.0 Å². The first-order valence-corrected chi connectivity index (χ1v) is 3.77. The molecule has 0 spiro atoms. The average molecular weight is 164 g/mol. The van der Waals surface area contributed by atoms with E-state index in [1.54, 1.807) is 6.08 Å². The smallest absolute Gasteiger partial charge is 0.223 e. The maximum absolute atomic E-state index is 10.6. The summed E-state index contributed by atoms with van der Waals surface area (Å²) in [5.41, 5.74) is 6.00. The van der Waals surface area contributed by atoms with Crippen LogP contribution in [-0.4, -0.2) is 10.5 Å². The molecule has 0 aliphatic rings. The fourth-order valence-corrected chi connectivity index (χ4v) is 1.11. The molecule has 2 N–H and O–H groups in total. The van der Waals surface area contributed by atoms with E-state index in [1.165, 1.54) is 0 Å². The number of hydrogen-bond acceptors (Lipinski definition) is 1. The van der Waals surface area contributed by atoms with Gasteiger partial charge < -0.3 is 10.3 Å². The highest BCUT2D eigenvalue weighted by Gasteiger charge is 2.01. The van der Waals surface area contributed by atoms with Crippen LogP contribution < -0.4 is 5.73 Å². The van der Waals surface area contributed by atoms with E-state index >= 15 is 0 Å². The first-order valence-electron chi connectivity index (χ1n) is 3.77. The number of nitrogens with zero attached hydrogens (tertiary/aromatic N) is 1. The Morgan fingerprint density at radius 3 is 3.08 bits per heavy atom. The van der Waals surface area contributed by atoms with Crippen LogP contribution in [0.25, 0.3) is 0 Å². The number of carbonyl (C=O) groups excluding carboxylic acids is 1. The predicted molar refractivity (Wildman–Crippen MR) is 47.5 cm³/mol. The summed E-state index contributed by atoms with van der Waals surface area (Å²) in [6.07, 6.45) is 3.98. The molecule has 1 heterocycles. The van der Waals surface area contributed by atoms with E-state index in [2.05, 4.69) is 6.58 Å². The maximum Gasteiger partial charge on any atom is 0.223 e. The van der Waals surface area contributed by atoms with Gasteiger partial charge in [0, 0.05) is 18.4 Å². The molecule has 0 saturated heterocycles. The van der Waals surface area contributed by atoms with Crippen molar-refractivity contribution in [2.75, 3.05) is 0 Å². The van der Waals surface area contributed by atoms with E-state index in [1.807, 2.05) is 22.9 Å². The Morgan fingerprint density at radius 1 is 1.75 bits per heavy atom. The Bertz CT molecular complexity index is 288. The molecule has 0 unspecified atom stereocenters. The van der Waals surface area contributed by atoms with Gasteiger partial charge in [0.15, 0.2) is 0 Å². The van der Waals surface area contributed by atoms with E-state index < -0.39 is 0 Å². The molecule has 0 aromatic carbocycles. The van der Waals surface area contributed by atoms with Gasteiger partial charge in [-0.15, -0.1) is 6.58 Å². The molecule has 64 valence electrons. The molecule has 0 radical (unpaired) electrons. The van der Waals surface area contributed by atoms with E-state index in [0.29, 0.717) is 6.42 Å². The molecule has 1 amide bonds. The van der Waals surface area contributed by atoms with Gasteiger partial charge in [0.05, 0.1) is 6.42 Å². The van der Waals surface area contributed by atoms with Crippen LogP contribution in [0.15, 0.2) is 31.0 Å². The fraction of sp³-hybridized carbons (Fsp3) is 0.222. The van der Waals surface area contributed by atoms with Crippen LogP contribution in [0.2, 0.25) is 0 Å². The summed E-state index contributed by atoms with van der Waals surface area (Å²) in [5.74, 6) is -0.306. The zero-order valence-electron chi connectivity index (χ0n) is 6.86. The molecule has 0 bridgehead atoms. The SMILES string of the molecule is C=CCn1cccc1CC(N)=O. The Morgan fingerprint density at radius 2 is 2.50 bits per heavy atom. The summed E-state index contributed by atoms with van der Waals surface area (Å²) in [4.78, 5) is 10.6. The van der Waals surface area contributed by atoms with Gasteiger partial charge in [0.25, 0.3) is 0 Å². The van der Waals surface area contributed by atoms with Crippen molar-refractivity contribution in [3.05, 3.63) is 36.7 Å². The summed E-state index contributed by atoms with van der Waals surface area (Å²) in [5, 5.41) is 0. The van der Waals surface area contributed by atoms with Crippen LogP contribution in [-0.2, 0) is 17.8 Å². The molecule has 1 aromatic heterocycles. The monoisotopic (exact) mass is 164 g/mol. The normalized spacial score (nSPS) is 9.67. The molecule has 3 heteroatoms. The molecule has 0 aliphatic heterocycles. The van der Waals surface area contributed by atoms with E-state index in [4.69, 9.17) is 5.73 Å². The molecule has 0 fully saturated rings. The predicted octanol–water partition coefficient (Wildman–Crippen LogP) is 0.702. The second kappa shape index (κ2) is 3.76. The van der Waals surface area contributed by atoms with Crippen LogP contribution in [0.4, 0.5) is 0 Å². The fourth-order valence-electron chi connectivity index (χ4n) is 1.11. The molecule has 3 nitrogen and oxygen atoms in total. The maximum atomic E-state index is 10.6. The van der Waals surface area contributed by atoms with Crippen molar-refractivity contribution in [1.82, 2.24) is 4.57 Å². The van der Waals surface area contributed by atoms with Gasteiger partial charge in [-0.2, -0.15) is 0 Å². The highest BCUT2D eigenvalue weighted by molar-refractivity contribution is 5.76. The van der Waals surface area contributed by atoms with Crippen LogP contribution in [0.3, 0.4) is 0 Å². The van der Waals surface area contributed by atoms with Crippen molar-refractivity contribution in [3.63, 3.8) is 0 Å². The lowest BCUT2D eigenvalue weighted by atomic mass is 10.3. The Hall–Kier alpha value is -1.51. The number of nitrogens with two attached hydrogens (primary N) is 1. The highest BCUT2D eigenvalue weighted by atomic mass is 16.1. The van der Waals surface area contributed by atoms with Gasteiger partial charge in [0.2, 0.25) is 5.91 Å². The Kier molecular flexibility index (Phi) is 2.69. The molecule has 0 saturated carbocycles. The third kappa shape index (κ3) is 1.99. The third-order valence-corrected chi connectivity index (χ3v) is 1.60. The minimum atomic E-state index is -0.306. The molecular weight excluding hydrogens is 152 g/mol. The van der Waals surface area contributed by atoms with Gasteiger partial charge in [-0.25, -0.2) is 0 Å². The summed E-state index contributed by atoms with van der Waals surface area (Å²) < 4.78 is 1.94. The number of hydrogen-bond donors (Lipinski definition) is 1. The zero-order valence-corrected chi connectivity index (χ0v) is 6.86.